The summed E-state index contributed by atoms with van der Waals surface area (Å²) in [5, 5.41) is 2.25. The van der Waals surface area contributed by atoms with Crippen molar-refractivity contribution in [3.8, 4) is 11.1 Å². The molecular formula is C59H66N2OS2. The van der Waals surface area contributed by atoms with Crippen molar-refractivity contribution in [2.45, 2.75) is 81.4 Å². The summed E-state index contributed by atoms with van der Waals surface area (Å²) < 4.78 is 7.10. The van der Waals surface area contributed by atoms with E-state index >= 15 is 0 Å². The van der Waals surface area contributed by atoms with Crippen molar-refractivity contribution in [2.75, 3.05) is 47.3 Å². The SMILES string of the molecule is CC(C)(C)c1ccc(N(c2ccc(S(C)(C)C)cc2)c2ccc3c(c2)C(C)(C)c2cc(N(c4ccc(C(C)(C)C)cc4)c4ccc(S(C)(C)C)cc4)c4c(oc5ccccc54)c2-3)cc1. The molecule has 0 amide bonds. The second-order valence-electron chi connectivity index (χ2n) is 21.9. The van der Waals surface area contributed by atoms with Gasteiger partial charge < -0.3 is 14.2 Å². The van der Waals surface area contributed by atoms with E-state index in [2.05, 4.69) is 248 Å². The predicted molar refractivity (Wildman–Crippen MR) is 285 cm³/mol. The highest BCUT2D eigenvalue weighted by Gasteiger charge is 2.40. The van der Waals surface area contributed by atoms with Crippen LogP contribution in [0, 0.1) is 0 Å². The highest BCUT2D eigenvalue weighted by Crippen LogP contribution is 2.58. The van der Waals surface area contributed by atoms with Crippen molar-refractivity contribution in [1.82, 2.24) is 0 Å². The lowest BCUT2D eigenvalue weighted by atomic mass is 9.81. The molecule has 1 aliphatic rings. The van der Waals surface area contributed by atoms with E-state index in [0.29, 0.717) is 0 Å². The van der Waals surface area contributed by atoms with Crippen molar-refractivity contribution >= 4 is 76.1 Å². The molecule has 3 nitrogen and oxygen atoms in total. The van der Waals surface area contributed by atoms with Crippen LogP contribution in [-0.2, 0) is 16.2 Å². The number of hydrogen-bond donors (Lipinski definition) is 0. The molecule has 9 rings (SSSR count). The smallest absolute Gasteiger partial charge is 0.145 e. The molecular weight excluding hydrogens is 817 g/mol. The van der Waals surface area contributed by atoms with E-state index in [9.17, 15) is 0 Å². The van der Waals surface area contributed by atoms with Gasteiger partial charge >= 0.3 is 0 Å². The Morgan fingerprint density at radius 3 is 1.38 bits per heavy atom. The van der Waals surface area contributed by atoms with E-state index in [1.54, 1.807) is 0 Å². The number of fused-ring (bicyclic) bond motifs is 7. The van der Waals surface area contributed by atoms with E-state index in [1.807, 2.05) is 0 Å². The van der Waals surface area contributed by atoms with Crippen LogP contribution in [0.2, 0.25) is 0 Å². The summed E-state index contributed by atoms with van der Waals surface area (Å²) in [5.74, 6) is 0. The first-order valence-electron chi connectivity index (χ1n) is 22.5. The monoisotopic (exact) mass is 882 g/mol. The lowest BCUT2D eigenvalue weighted by Gasteiger charge is -2.31. The van der Waals surface area contributed by atoms with Gasteiger partial charge in [0.25, 0.3) is 0 Å². The van der Waals surface area contributed by atoms with Gasteiger partial charge in [-0.15, -0.1) is 0 Å². The summed E-state index contributed by atoms with van der Waals surface area (Å²) in [7, 11) is -1.77. The summed E-state index contributed by atoms with van der Waals surface area (Å²) in [4.78, 5) is 7.70. The van der Waals surface area contributed by atoms with Crippen molar-refractivity contribution in [1.29, 1.82) is 0 Å². The van der Waals surface area contributed by atoms with E-state index < -0.39 is 20.1 Å². The van der Waals surface area contributed by atoms with Gasteiger partial charge in [0.2, 0.25) is 0 Å². The Labute approximate surface area is 386 Å². The summed E-state index contributed by atoms with van der Waals surface area (Å²) in [6, 6.07) is 55.1. The molecule has 0 saturated carbocycles. The van der Waals surface area contributed by atoms with Gasteiger partial charge in [0.05, 0.1) is 11.1 Å². The van der Waals surface area contributed by atoms with Gasteiger partial charge in [-0.3, -0.25) is 0 Å². The molecule has 0 bridgehead atoms. The Kier molecular flexibility index (Phi) is 10.5. The van der Waals surface area contributed by atoms with E-state index in [1.165, 1.54) is 43.2 Å². The number of para-hydroxylation sites is 1. The van der Waals surface area contributed by atoms with E-state index in [0.717, 1.165) is 56.1 Å². The largest absolute Gasteiger partial charge is 0.455 e. The summed E-state index contributed by atoms with van der Waals surface area (Å²) in [6.07, 6.45) is 14.2. The normalized spacial score (nSPS) is 14.4. The molecule has 0 radical (unpaired) electrons. The molecule has 0 saturated heterocycles. The van der Waals surface area contributed by atoms with Gasteiger partial charge in [-0.05, 0) is 183 Å². The number of furan rings is 1. The summed E-state index contributed by atoms with van der Waals surface area (Å²) in [6.45, 7) is 18.5. The third kappa shape index (κ3) is 7.73. The lowest BCUT2D eigenvalue weighted by molar-refractivity contribution is 0.590. The molecule has 1 aromatic heterocycles. The van der Waals surface area contributed by atoms with Gasteiger partial charge in [0.15, 0.2) is 0 Å². The standard InChI is InChI=1S/C59H66N2OS2/c1-57(2,3)39-19-23-41(24-20-39)60(42-27-32-46(33-28-42)63(9,10)11)45-31-36-48-50(37-45)59(7,8)51-38-52(55-49-17-15-16-18-53(49)62-56(55)54(48)51)61(43-25-21-40(22-26-43)58(4,5)6)44-29-34-47(35-30-44)64(12,13)14/h15-38H,1-14H3. The Hall–Kier alpha value is -5.36. The van der Waals surface area contributed by atoms with Crippen LogP contribution >= 0.6 is 20.1 Å². The van der Waals surface area contributed by atoms with Crippen LogP contribution in [0.1, 0.15) is 77.6 Å². The third-order valence-corrected chi connectivity index (χ3v) is 16.7. The Bertz CT molecular complexity index is 2910. The Morgan fingerprint density at radius 2 is 0.906 bits per heavy atom. The van der Waals surface area contributed by atoms with Gasteiger partial charge in [0.1, 0.15) is 11.2 Å². The molecule has 0 aliphatic heterocycles. The summed E-state index contributed by atoms with van der Waals surface area (Å²) in [5.41, 5.74) is 16.0. The summed E-state index contributed by atoms with van der Waals surface area (Å²) >= 11 is 0. The molecule has 1 heterocycles. The van der Waals surface area contributed by atoms with Crippen LogP contribution in [0.5, 0.6) is 0 Å². The van der Waals surface area contributed by atoms with Crippen molar-refractivity contribution in [3.63, 3.8) is 0 Å². The zero-order chi connectivity index (χ0) is 45.7. The number of nitrogens with zero attached hydrogens (tertiary/aromatic N) is 2. The minimum Gasteiger partial charge on any atom is -0.455 e. The lowest BCUT2D eigenvalue weighted by Crippen LogP contribution is -2.18. The van der Waals surface area contributed by atoms with Crippen LogP contribution in [0.3, 0.4) is 0 Å². The van der Waals surface area contributed by atoms with Gasteiger partial charge in [-0.1, -0.05) is 104 Å². The van der Waals surface area contributed by atoms with Crippen molar-refractivity contribution < 1.29 is 4.42 Å². The predicted octanol–water partition coefficient (Wildman–Crippen LogP) is 17.5. The van der Waals surface area contributed by atoms with E-state index in [4.69, 9.17) is 4.42 Å². The molecule has 0 unspecified atom stereocenters. The topological polar surface area (TPSA) is 19.6 Å². The van der Waals surface area contributed by atoms with Crippen LogP contribution in [0.25, 0.3) is 33.1 Å². The van der Waals surface area contributed by atoms with Crippen LogP contribution < -0.4 is 9.80 Å². The highest BCUT2D eigenvalue weighted by molar-refractivity contribution is 8.32. The van der Waals surface area contributed by atoms with Crippen LogP contribution in [-0.4, -0.2) is 37.5 Å². The van der Waals surface area contributed by atoms with Gasteiger partial charge in [-0.2, -0.15) is 0 Å². The molecule has 0 atom stereocenters. The first kappa shape index (κ1) is 43.9. The van der Waals surface area contributed by atoms with Crippen LogP contribution in [0.15, 0.2) is 160 Å². The minimum atomic E-state index is -0.903. The Balaban J connectivity index is 1.26. The zero-order valence-electron chi connectivity index (χ0n) is 40.5. The third-order valence-electron chi connectivity index (χ3n) is 13.3. The number of anilines is 6. The molecule has 0 N–H and O–H groups in total. The van der Waals surface area contributed by atoms with Gasteiger partial charge in [-0.25, -0.2) is 20.1 Å². The molecule has 0 fully saturated rings. The number of rotatable bonds is 8. The highest BCUT2D eigenvalue weighted by atomic mass is 32.3. The molecule has 64 heavy (non-hydrogen) atoms. The Morgan fingerprint density at radius 1 is 0.469 bits per heavy atom. The van der Waals surface area contributed by atoms with E-state index in [-0.39, 0.29) is 16.2 Å². The maximum absolute atomic E-state index is 7.10. The maximum Gasteiger partial charge on any atom is 0.145 e. The van der Waals surface area contributed by atoms with Gasteiger partial charge in [0, 0.05) is 44.8 Å². The van der Waals surface area contributed by atoms with Crippen LogP contribution in [0.4, 0.5) is 34.1 Å². The molecule has 5 heteroatoms. The average Bonchev–Trinajstić information content (AvgIpc) is 3.73. The molecule has 1 aliphatic carbocycles. The second kappa shape index (κ2) is 15.4. The maximum atomic E-state index is 7.10. The van der Waals surface area contributed by atoms with Crippen molar-refractivity contribution in [3.05, 3.63) is 168 Å². The quantitative estimate of drug-likeness (QED) is 0.152. The number of benzene rings is 7. The second-order valence-corrected chi connectivity index (χ2v) is 30.2. The van der Waals surface area contributed by atoms with Crippen molar-refractivity contribution in [2.24, 2.45) is 0 Å². The fourth-order valence-electron chi connectivity index (χ4n) is 9.47. The molecule has 0 spiro atoms. The average molecular weight is 883 g/mol. The number of hydrogen-bond acceptors (Lipinski definition) is 3. The molecule has 7 aromatic carbocycles. The molecule has 330 valence electrons. The minimum absolute atomic E-state index is 0.0407. The zero-order valence-corrected chi connectivity index (χ0v) is 42.1. The fourth-order valence-corrected chi connectivity index (χ4v) is 11.4. The first-order valence-corrected chi connectivity index (χ1v) is 28.3. The molecule has 8 aromatic rings. The fraction of sp³-hybridized carbons (Fsp3) is 0.288. The first-order chi connectivity index (χ1) is 30.0.